The van der Waals surface area contributed by atoms with Gasteiger partial charge in [0.2, 0.25) is 0 Å². The van der Waals surface area contributed by atoms with E-state index >= 15 is 0 Å². The summed E-state index contributed by atoms with van der Waals surface area (Å²) >= 11 is 0. The number of ether oxygens (including phenoxy) is 1. The summed E-state index contributed by atoms with van der Waals surface area (Å²) in [5.41, 5.74) is 0. The molecule has 0 saturated carbocycles. The Bertz CT molecular complexity index is 262. The summed E-state index contributed by atoms with van der Waals surface area (Å²) in [4.78, 5) is 17.5. The number of halogens is 1. The first-order chi connectivity index (χ1) is 8.79. The van der Waals surface area contributed by atoms with Crippen molar-refractivity contribution in [3.63, 3.8) is 0 Å². The largest absolute Gasteiger partial charge is 0.380 e. The van der Waals surface area contributed by atoms with Gasteiger partial charge in [-0.25, -0.2) is 4.39 Å². The second kappa shape index (κ2) is 7.01. The number of piperazine rings is 1. The fourth-order valence-corrected chi connectivity index (χ4v) is 2.45. The first-order valence-electron chi connectivity index (χ1n) is 6.66. The molecule has 104 valence electrons. The average Bonchev–Trinajstić information content (AvgIpc) is 2.67. The molecular weight excluding hydrogens is 237 g/mol. The van der Waals surface area contributed by atoms with Gasteiger partial charge in [0.25, 0.3) is 5.91 Å². The number of hydrogen-bond donors (Lipinski definition) is 0. The van der Waals surface area contributed by atoms with Gasteiger partial charge < -0.3 is 9.64 Å². The van der Waals surface area contributed by atoms with E-state index < -0.39 is 6.67 Å². The lowest BCUT2D eigenvalue weighted by atomic mass is 10.3. The number of nitrogens with zero attached hydrogens (tertiary/aromatic N) is 3. The third-order valence-corrected chi connectivity index (χ3v) is 3.55. The zero-order valence-corrected chi connectivity index (χ0v) is 10.8. The number of carbonyl (C=O) groups excluding carboxylic acids is 1. The number of hydrogen-bond acceptors (Lipinski definition) is 4. The van der Waals surface area contributed by atoms with Gasteiger partial charge in [-0.15, -0.1) is 0 Å². The van der Waals surface area contributed by atoms with Crippen molar-refractivity contribution >= 4 is 5.91 Å². The van der Waals surface area contributed by atoms with Crippen LogP contribution in [0.3, 0.4) is 0 Å². The molecule has 2 rings (SSSR count). The molecule has 0 aromatic heterocycles. The molecule has 2 aliphatic heterocycles. The SMILES string of the molecule is O=C(CF)N1CCN(CN2CCCOCC2)CC1. The first-order valence-corrected chi connectivity index (χ1v) is 6.66. The van der Waals surface area contributed by atoms with Gasteiger partial charge in [0, 0.05) is 45.9 Å². The molecule has 0 unspecified atom stereocenters. The molecule has 0 N–H and O–H groups in total. The van der Waals surface area contributed by atoms with Gasteiger partial charge in [0.15, 0.2) is 6.67 Å². The van der Waals surface area contributed by atoms with Crippen LogP contribution in [0.5, 0.6) is 0 Å². The van der Waals surface area contributed by atoms with E-state index in [9.17, 15) is 9.18 Å². The first kappa shape index (κ1) is 13.7. The molecule has 2 saturated heterocycles. The monoisotopic (exact) mass is 259 g/mol. The Balaban J connectivity index is 1.71. The summed E-state index contributed by atoms with van der Waals surface area (Å²) in [7, 11) is 0. The highest BCUT2D eigenvalue weighted by molar-refractivity contribution is 5.77. The van der Waals surface area contributed by atoms with Gasteiger partial charge in [-0.3, -0.25) is 14.6 Å². The van der Waals surface area contributed by atoms with Crippen molar-refractivity contribution in [2.75, 3.05) is 65.8 Å². The summed E-state index contributed by atoms with van der Waals surface area (Å²) in [6, 6.07) is 0. The highest BCUT2D eigenvalue weighted by Crippen LogP contribution is 2.06. The maximum Gasteiger partial charge on any atom is 0.254 e. The highest BCUT2D eigenvalue weighted by atomic mass is 19.1. The summed E-state index contributed by atoms with van der Waals surface area (Å²) in [5.74, 6) is -0.377. The molecule has 0 radical (unpaired) electrons. The van der Waals surface area contributed by atoms with E-state index in [0.29, 0.717) is 13.1 Å². The Hall–Kier alpha value is -0.720. The van der Waals surface area contributed by atoms with Crippen molar-refractivity contribution in [1.29, 1.82) is 0 Å². The molecule has 1 amide bonds. The molecule has 0 aliphatic carbocycles. The average molecular weight is 259 g/mol. The van der Waals surface area contributed by atoms with Crippen LogP contribution in [0.15, 0.2) is 0 Å². The Kier molecular flexibility index (Phi) is 5.34. The Labute approximate surface area is 107 Å². The van der Waals surface area contributed by atoms with Crippen molar-refractivity contribution in [1.82, 2.24) is 14.7 Å². The maximum absolute atomic E-state index is 12.3. The van der Waals surface area contributed by atoms with Crippen LogP contribution in [-0.4, -0.2) is 86.4 Å². The molecule has 18 heavy (non-hydrogen) atoms. The van der Waals surface area contributed by atoms with E-state index in [1.165, 1.54) is 0 Å². The van der Waals surface area contributed by atoms with Crippen LogP contribution in [0.25, 0.3) is 0 Å². The second-order valence-corrected chi connectivity index (χ2v) is 4.86. The van der Waals surface area contributed by atoms with Crippen LogP contribution in [0, 0.1) is 0 Å². The van der Waals surface area contributed by atoms with Gasteiger partial charge in [-0.2, -0.15) is 0 Å². The number of carbonyl (C=O) groups is 1. The van der Waals surface area contributed by atoms with Crippen LogP contribution in [0.2, 0.25) is 0 Å². The fraction of sp³-hybridized carbons (Fsp3) is 0.917. The zero-order chi connectivity index (χ0) is 12.8. The second-order valence-electron chi connectivity index (χ2n) is 4.86. The van der Waals surface area contributed by atoms with Gasteiger partial charge >= 0.3 is 0 Å². The predicted octanol–water partition coefficient (Wildman–Crippen LogP) is -0.220. The quantitative estimate of drug-likeness (QED) is 0.702. The minimum Gasteiger partial charge on any atom is -0.380 e. The third-order valence-electron chi connectivity index (χ3n) is 3.55. The predicted molar refractivity (Wildman–Crippen MR) is 66.0 cm³/mol. The van der Waals surface area contributed by atoms with E-state index in [1.807, 2.05) is 0 Å². The summed E-state index contributed by atoms with van der Waals surface area (Å²) in [6.07, 6.45) is 1.08. The molecule has 2 heterocycles. The van der Waals surface area contributed by atoms with E-state index in [2.05, 4.69) is 9.80 Å². The van der Waals surface area contributed by atoms with Crippen LogP contribution < -0.4 is 0 Å². The van der Waals surface area contributed by atoms with Crippen molar-refractivity contribution in [2.24, 2.45) is 0 Å². The van der Waals surface area contributed by atoms with Crippen LogP contribution in [0.4, 0.5) is 4.39 Å². The number of amides is 1. The van der Waals surface area contributed by atoms with Gasteiger partial charge in [-0.1, -0.05) is 0 Å². The summed E-state index contributed by atoms with van der Waals surface area (Å²) < 4.78 is 17.7. The normalized spacial score (nSPS) is 23.9. The molecular formula is C12H22FN3O2. The third kappa shape index (κ3) is 3.90. The molecule has 0 atom stereocenters. The molecule has 6 heteroatoms. The van der Waals surface area contributed by atoms with Crippen molar-refractivity contribution in [3.05, 3.63) is 0 Å². The molecule has 2 fully saturated rings. The van der Waals surface area contributed by atoms with Gasteiger partial charge in [0.05, 0.1) is 13.3 Å². The Morgan fingerprint density at radius 1 is 1.00 bits per heavy atom. The fourth-order valence-electron chi connectivity index (χ4n) is 2.45. The zero-order valence-electron chi connectivity index (χ0n) is 10.8. The van der Waals surface area contributed by atoms with Gasteiger partial charge in [0.1, 0.15) is 0 Å². The number of alkyl halides is 1. The molecule has 0 bridgehead atoms. The molecule has 0 spiro atoms. The van der Waals surface area contributed by atoms with Crippen molar-refractivity contribution in [3.8, 4) is 0 Å². The Morgan fingerprint density at radius 3 is 2.44 bits per heavy atom. The molecule has 0 aromatic carbocycles. The molecule has 0 aromatic rings. The molecule has 5 nitrogen and oxygen atoms in total. The highest BCUT2D eigenvalue weighted by Gasteiger charge is 2.22. The van der Waals surface area contributed by atoms with Crippen molar-refractivity contribution < 1.29 is 13.9 Å². The summed E-state index contributed by atoms with van der Waals surface area (Å²) in [6.45, 7) is 6.74. The lowest BCUT2D eigenvalue weighted by Gasteiger charge is -2.36. The minimum absolute atomic E-state index is 0.377. The number of rotatable bonds is 3. The van der Waals surface area contributed by atoms with Crippen molar-refractivity contribution in [2.45, 2.75) is 6.42 Å². The lowest BCUT2D eigenvalue weighted by molar-refractivity contribution is -0.134. The molecule has 2 aliphatic rings. The van der Waals surface area contributed by atoms with E-state index in [0.717, 1.165) is 52.5 Å². The Morgan fingerprint density at radius 2 is 1.72 bits per heavy atom. The van der Waals surface area contributed by atoms with Gasteiger partial charge in [-0.05, 0) is 6.42 Å². The topological polar surface area (TPSA) is 36.0 Å². The van der Waals surface area contributed by atoms with E-state index in [1.54, 1.807) is 4.90 Å². The standard InChI is InChI=1S/C12H22FN3O2/c13-10-12(17)16-5-3-15(4-6-16)11-14-2-1-8-18-9-7-14/h1-11H2. The van der Waals surface area contributed by atoms with Crippen LogP contribution >= 0.6 is 0 Å². The van der Waals surface area contributed by atoms with Crippen LogP contribution in [-0.2, 0) is 9.53 Å². The maximum atomic E-state index is 12.3. The minimum atomic E-state index is -0.872. The summed E-state index contributed by atoms with van der Waals surface area (Å²) in [5, 5.41) is 0. The lowest BCUT2D eigenvalue weighted by Crippen LogP contribution is -2.52. The van der Waals surface area contributed by atoms with E-state index in [-0.39, 0.29) is 5.91 Å². The smallest absolute Gasteiger partial charge is 0.254 e. The van der Waals surface area contributed by atoms with E-state index in [4.69, 9.17) is 4.74 Å². The van der Waals surface area contributed by atoms with Crippen LogP contribution in [0.1, 0.15) is 6.42 Å².